The number of Topliss-reactive ketones (excluding diaryl/α,β-unsaturated/α-hetero) is 1. The van der Waals surface area contributed by atoms with E-state index in [2.05, 4.69) is 10.3 Å². The number of fused-ring (bicyclic) bond motifs is 1. The number of benzene rings is 2. The summed E-state index contributed by atoms with van der Waals surface area (Å²) < 4.78 is 5.20. The van der Waals surface area contributed by atoms with Gasteiger partial charge in [0.15, 0.2) is 12.4 Å². The molecule has 0 atom stereocenters. The van der Waals surface area contributed by atoms with Crippen LogP contribution < -0.4 is 5.32 Å². The first-order valence-electron chi connectivity index (χ1n) is 8.81. The fourth-order valence-electron chi connectivity index (χ4n) is 3.12. The lowest BCUT2D eigenvalue weighted by Crippen LogP contribution is -2.22. The molecule has 3 rings (SSSR count). The minimum absolute atomic E-state index is 0.165. The minimum Gasteiger partial charge on any atom is -0.452 e. The molecule has 0 unspecified atom stereocenters. The first-order valence-corrected chi connectivity index (χ1v) is 8.81. The van der Waals surface area contributed by atoms with E-state index < -0.39 is 18.5 Å². The Morgan fingerprint density at radius 2 is 1.68 bits per heavy atom. The van der Waals surface area contributed by atoms with Crippen LogP contribution in [-0.4, -0.2) is 29.3 Å². The maximum absolute atomic E-state index is 12.6. The van der Waals surface area contributed by atoms with Crippen molar-refractivity contribution in [3.63, 3.8) is 0 Å². The highest BCUT2D eigenvalue weighted by molar-refractivity contribution is 6.04. The van der Waals surface area contributed by atoms with E-state index in [0.717, 1.165) is 16.5 Å². The summed E-state index contributed by atoms with van der Waals surface area (Å²) in [6, 6.07) is 14.2. The first kappa shape index (κ1) is 19.2. The van der Waals surface area contributed by atoms with Gasteiger partial charge in [-0.3, -0.25) is 14.6 Å². The molecule has 0 bridgehead atoms. The maximum atomic E-state index is 12.6. The first-order chi connectivity index (χ1) is 13.4. The lowest BCUT2D eigenvalue weighted by molar-refractivity contribution is -0.119. The second-order valence-corrected chi connectivity index (χ2v) is 6.44. The maximum Gasteiger partial charge on any atom is 0.340 e. The zero-order valence-electron chi connectivity index (χ0n) is 15.9. The molecule has 0 aliphatic heterocycles. The van der Waals surface area contributed by atoms with Gasteiger partial charge >= 0.3 is 5.97 Å². The number of aryl methyl sites for hydroxylation is 2. The van der Waals surface area contributed by atoms with Gasteiger partial charge in [0.05, 0.1) is 22.5 Å². The van der Waals surface area contributed by atoms with Crippen LogP contribution in [-0.2, 0) is 9.53 Å². The average Bonchev–Trinajstić information content (AvgIpc) is 2.66. The summed E-state index contributed by atoms with van der Waals surface area (Å²) in [5.41, 5.74) is 3.24. The lowest BCUT2D eigenvalue weighted by Gasteiger charge is -2.13. The monoisotopic (exact) mass is 376 g/mol. The third-order valence-corrected chi connectivity index (χ3v) is 4.45. The predicted octanol–water partition coefficient (Wildman–Crippen LogP) is 3.85. The second kappa shape index (κ2) is 8.00. The van der Waals surface area contributed by atoms with Crippen LogP contribution in [0.25, 0.3) is 10.9 Å². The van der Waals surface area contributed by atoms with E-state index in [0.29, 0.717) is 22.5 Å². The van der Waals surface area contributed by atoms with Crippen LogP contribution in [0.15, 0.2) is 48.5 Å². The van der Waals surface area contributed by atoms with Gasteiger partial charge in [0.25, 0.3) is 5.91 Å². The number of ether oxygens (including phenoxy) is 1. The van der Waals surface area contributed by atoms with Crippen LogP contribution in [0.3, 0.4) is 0 Å². The number of para-hydroxylation sites is 2. The molecular formula is C22H20N2O4. The molecule has 2 aromatic carbocycles. The van der Waals surface area contributed by atoms with Crippen molar-refractivity contribution in [1.82, 2.24) is 4.98 Å². The highest BCUT2D eigenvalue weighted by Gasteiger charge is 2.19. The number of pyridine rings is 1. The van der Waals surface area contributed by atoms with E-state index in [1.807, 2.05) is 31.2 Å². The van der Waals surface area contributed by atoms with E-state index in [-0.39, 0.29) is 5.78 Å². The van der Waals surface area contributed by atoms with Crippen LogP contribution in [0, 0.1) is 13.8 Å². The lowest BCUT2D eigenvalue weighted by atomic mass is 10.0. The summed E-state index contributed by atoms with van der Waals surface area (Å²) >= 11 is 0. The van der Waals surface area contributed by atoms with Gasteiger partial charge in [-0.2, -0.15) is 0 Å². The number of esters is 1. The number of carbonyl (C=O) groups is 3. The average molecular weight is 376 g/mol. The van der Waals surface area contributed by atoms with E-state index in [1.54, 1.807) is 31.2 Å². The molecule has 0 aliphatic rings. The number of hydrogen-bond donors (Lipinski definition) is 1. The summed E-state index contributed by atoms with van der Waals surface area (Å²) in [5.74, 6) is -1.30. The topological polar surface area (TPSA) is 85.4 Å². The molecule has 0 saturated heterocycles. The van der Waals surface area contributed by atoms with Gasteiger partial charge in [0, 0.05) is 10.9 Å². The minimum atomic E-state index is -0.608. The molecule has 0 radical (unpaired) electrons. The normalized spacial score (nSPS) is 10.5. The standard InChI is InChI=1S/C22H20N2O4/c1-13-16-8-4-6-10-18(16)23-14(2)21(13)22(27)28-12-20(26)24-19-11-7-5-9-17(19)15(3)25/h4-11H,12H2,1-3H3,(H,24,26). The molecule has 0 spiro atoms. The van der Waals surface area contributed by atoms with Crippen LogP contribution in [0.5, 0.6) is 0 Å². The van der Waals surface area contributed by atoms with E-state index in [4.69, 9.17) is 4.74 Å². The highest BCUT2D eigenvalue weighted by atomic mass is 16.5. The Kier molecular flexibility index (Phi) is 5.49. The molecule has 0 fully saturated rings. The Morgan fingerprint density at radius 3 is 2.43 bits per heavy atom. The number of nitrogens with zero attached hydrogens (tertiary/aromatic N) is 1. The number of aromatic nitrogens is 1. The van der Waals surface area contributed by atoms with Crippen molar-refractivity contribution in [3.05, 3.63) is 70.9 Å². The van der Waals surface area contributed by atoms with Crippen LogP contribution in [0.2, 0.25) is 0 Å². The molecule has 28 heavy (non-hydrogen) atoms. The van der Waals surface area contributed by atoms with Crippen molar-refractivity contribution < 1.29 is 19.1 Å². The smallest absolute Gasteiger partial charge is 0.340 e. The van der Waals surface area contributed by atoms with Crippen LogP contribution in [0.4, 0.5) is 5.69 Å². The van der Waals surface area contributed by atoms with Gasteiger partial charge in [-0.1, -0.05) is 30.3 Å². The fourth-order valence-corrected chi connectivity index (χ4v) is 3.12. The number of hydrogen-bond acceptors (Lipinski definition) is 5. The Balaban J connectivity index is 1.74. The third-order valence-electron chi connectivity index (χ3n) is 4.45. The Morgan fingerprint density at radius 1 is 1.00 bits per heavy atom. The van der Waals surface area contributed by atoms with E-state index in [9.17, 15) is 14.4 Å². The Labute approximate surface area is 162 Å². The quantitative estimate of drug-likeness (QED) is 0.540. The number of anilines is 1. The number of rotatable bonds is 5. The molecule has 142 valence electrons. The zero-order valence-corrected chi connectivity index (χ0v) is 15.9. The number of carbonyl (C=O) groups excluding carboxylic acids is 3. The Hall–Kier alpha value is -3.54. The van der Waals surface area contributed by atoms with Gasteiger partial charge in [0.2, 0.25) is 0 Å². The summed E-state index contributed by atoms with van der Waals surface area (Å²) in [4.78, 5) is 40.8. The summed E-state index contributed by atoms with van der Waals surface area (Å²) in [6.07, 6.45) is 0. The summed E-state index contributed by atoms with van der Waals surface area (Å²) in [7, 11) is 0. The number of amides is 1. The van der Waals surface area contributed by atoms with Gasteiger partial charge in [-0.05, 0) is 44.5 Å². The number of nitrogens with one attached hydrogen (secondary N) is 1. The molecular weight excluding hydrogens is 356 g/mol. The van der Waals surface area contributed by atoms with Crippen LogP contribution >= 0.6 is 0 Å². The number of ketones is 1. The van der Waals surface area contributed by atoms with Gasteiger partial charge in [0.1, 0.15) is 0 Å². The summed E-state index contributed by atoms with van der Waals surface area (Å²) in [6.45, 7) is 4.52. The van der Waals surface area contributed by atoms with Crippen molar-refractivity contribution in [2.24, 2.45) is 0 Å². The highest BCUT2D eigenvalue weighted by Crippen LogP contribution is 2.23. The van der Waals surface area contributed by atoms with Crippen molar-refractivity contribution >= 4 is 34.3 Å². The van der Waals surface area contributed by atoms with Crippen molar-refractivity contribution in [3.8, 4) is 0 Å². The molecule has 1 N–H and O–H groups in total. The van der Waals surface area contributed by atoms with Crippen molar-refractivity contribution in [1.29, 1.82) is 0 Å². The van der Waals surface area contributed by atoms with Gasteiger partial charge in [-0.15, -0.1) is 0 Å². The molecule has 1 aromatic heterocycles. The van der Waals surface area contributed by atoms with Gasteiger partial charge < -0.3 is 10.1 Å². The molecule has 1 heterocycles. The Bertz CT molecular complexity index is 1090. The SMILES string of the molecule is CC(=O)c1ccccc1NC(=O)COC(=O)c1c(C)nc2ccccc2c1C. The molecule has 6 nitrogen and oxygen atoms in total. The van der Waals surface area contributed by atoms with E-state index in [1.165, 1.54) is 6.92 Å². The predicted molar refractivity (Wildman–Crippen MR) is 107 cm³/mol. The third kappa shape index (κ3) is 3.91. The van der Waals surface area contributed by atoms with Crippen molar-refractivity contribution in [2.75, 3.05) is 11.9 Å². The fraction of sp³-hybridized carbons (Fsp3) is 0.182. The second-order valence-electron chi connectivity index (χ2n) is 6.44. The molecule has 1 amide bonds. The molecule has 0 saturated carbocycles. The largest absolute Gasteiger partial charge is 0.452 e. The molecule has 3 aromatic rings. The van der Waals surface area contributed by atoms with Crippen LogP contribution in [0.1, 0.15) is 38.9 Å². The zero-order chi connectivity index (χ0) is 20.3. The molecule has 0 aliphatic carbocycles. The van der Waals surface area contributed by atoms with Gasteiger partial charge in [-0.25, -0.2) is 4.79 Å². The van der Waals surface area contributed by atoms with Crippen molar-refractivity contribution in [2.45, 2.75) is 20.8 Å². The molecule has 6 heteroatoms. The summed E-state index contributed by atoms with van der Waals surface area (Å²) in [5, 5.41) is 3.47. The van der Waals surface area contributed by atoms with E-state index >= 15 is 0 Å².